The van der Waals surface area contributed by atoms with Gasteiger partial charge in [0.25, 0.3) is 0 Å². The molecular formula is C14H20N2S2. The minimum absolute atomic E-state index is 0.508. The third kappa shape index (κ3) is 2.81. The molecule has 2 nitrogen and oxygen atoms in total. The predicted molar refractivity (Wildman–Crippen MR) is 84.7 cm³/mol. The average molecular weight is 280 g/mol. The third-order valence-corrected chi connectivity index (χ3v) is 4.58. The molecule has 0 saturated carbocycles. The first-order valence-corrected chi connectivity index (χ1v) is 7.98. The van der Waals surface area contributed by atoms with E-state index >= 15 is 0 Å². The number of nitrogens with two attached hydrogens (primary N) is 1. The number of nitrogens with zero attached hydrogens (tertiary/aromatic N) is 1. The van der Waals surface area contributed by atoms with Crippen molar-refractivity contribution in [3.63, 3.8) is 0 Å². The number of hydrogen-bond donors (Lipinski definition) is 1. The highest BCUT2D eigenvalue weighted by atomic mass is 32.2. The van der Waals surface area contributed by atoms with Crippen LogP contribution in [0.4, 0.5) is 5.69 Å². The van der Waals surface area contributed by atoms with E-state index < -0.39 is 0 Å². The van der Waals surface area contributed by atoms with Crippen LogP contribution in [0.15, 0.2) is 23.1 Å². The van der Waals surface area contributed by atoms with E-state index in [1.54, 1.807) is 11.8 Å². The van der Waals surface area contributed by atoms with Gasteiger partial charge in [0.1, 0.15) is 4.99 Å². The van der Waals surface area contributed by atoms with Crippen LogP contribution < -0.4 is 10.6 Å². The van der Waals surface area contributed by atoms with Crippen LogP contribution in [0.2, 0.25) is 0 Å². The van der Waals surface area contributed by atoms with Crippen LogP contribution in [0.5, 0.6) is 0 Å². The molecule has 18 heavy (non-hydrogen) atoms. The van der Waals surface area contributed by atoms with E-state index in [1.165, 1.54) is 23.4 Å². The van der Waals surface area contributed by atoms with Crippen LogP contribution in [0.25, 0.3) is 0 Å². The average Bonchev–Trinajstić information content (AvgIpc) is 2.38. The van der Waals surface area contributed by atoms with E-state index in [9.17, 15) is 0 Å². The van der Waals surface area contributed by atoms with E-state index in [1.807, 2.05) is 0 Å². The highest BCUT2D eigenvalue weighted by molar-refractivity contribution is 7.98. The molecule has 1 aromatic rings. The van der Waals surface area contributed by atoms with Crippen molar-refractivity contribution in [1.82, 2.24) is 0 Å². The number of thiocarbonyl (C=S) groups is 1. The Bertz CT molecular complexity index is 437. The van der Waals surface area contributed by atoms with Crippen LogP contribution in [-0.2, 0) is 0 Å². The van der Waals surface area contributed by atoms with E-state index in [-0.39, 0.29) is 0 Å². The fourth-order valence-electron chi connectivity index (χ4n) is 2.45. The van der Waals surface area contributed by atoms with Gasteiger partial charge in [0, 0.05) is 29.2 Å². The maximum Gasteiger partial charge on any atom is 0.107 e. The highest BCUT2D eigenvalue weighted by Gasteiger charge is 2.20. The molecule has 0 bridgehead atoms. The summed E-state index contributed by atoms with van der Waals surface area (Å²) in [5.41, 5.74) is 8.18. The van der Waals surface area contributed by atoms with E-state index in [0.29, 0.717) is 4.99 Å². The van der Waals surface area contributed by atoms with Crippen molar-refractivity contribution in [2.24, 2.45) is 11.7 Å². The number of piperidine rings is 1. The molecule has 1 heterocycles. The van der Waals surface area contributed by atoms with Gasteiger partial charge >= 0.3 is 0 Å². The lowest BCUT2D eigenvalue weighted by atomic mass is 9.98. The Morgan fingerprint density at radius 3 is 2.61 bits per heavy atom. The summed E-state index contributed by atoms with van der Waals surface area (Å²) in [5.74, 6) is 0.832. The molecule has 0 amide bonds. The largest absolute Gasteiger partial charge is 0.389 e. The predicted octanol–water partition coefficient (Wildman–Crippen LogP) is 3.28. The van der Waals surface area contributed by atoms with Gasteiger partial charge in [0.2, 0.25) is 0 Å². The zero-order chi connectivity index (χ0) is 13.1. The maximum atomic E-state index is 5.92. The molecule has 0 unspecified atom stereocenters. The van der Waals surface area contributed by atoms with Gasteiger partial charge in [-0.25, -0.2) is 0 Å². The summed E-state index contributed by atoms with van der Waals surface area (Å²) in [6, 6.07) is 6.33. The zero-order valence-corrected chi connectivity index (χ0v) is 12.6. The number of rotatable bonds is 3. The lowest BCUT2D eigenvalue weighted by molar-refractivity contribution is 0.438. The van der Waals surface area contributed by atoms with Crippen LogP contribution in [0.1, 0.15) is 25.3 Å². The summed E-state index contributed by atoms with van der Waals surface area (Å²) in [5, 5.41) is 0. The second kappa shape index (κ2) is 5.93. The van der Waals surface area contributed by atoms with Crippen molar-refractivity contribution in [2.75, 3.05) is 24.2 Å². The van der Waals surface area contributed by atoms with Crippen molar-refractivity contribution in [2.45, 2.75) is 24.7 Å². The Morgan fingerprint density at radius 1 is 1.39 bits per heavy atom. The molecule has 98 valence electrons. The van der Waals surface area contributed by atoms with E-state index in [0.717, 1.165) is 24.6 Å². The summed E-state index contributed by atoms with van der Waals surface area (Å²) < 4.78 is 0. The van der Waals surface area contributed by atoms with Crippen LogP contribution in [0, 0.1) is 5.92 Å². The fourth-order valence-corrected chi connectivity index (χ4v) is 3.36. The smallest absolute Gasteiger partial charge is 0.107 e. The molecule has 0 aliphatic carbocycles. The molecule has 1 aromatic carbocycles. The molecule has 2 N–H and O–H groups in total. The Hall–Kier alpha value is -0.740. The van der Waals surface area contributed by atoms with Crippen molar-refractivity contribution in [3.8, 4) is 0 Å². The van der Waals surface area contributed by atoms with E-state index in [2.05, 4.69) is 36.3 Å². The summed E-state index contributed by atoms with van der Waals surface area (Å²) in [6.45, 7) is 4.54. The molecule has 1 fully saturated rings. The number of thioether (sulfide) groups is 1. The molecule has 1 aliphatic heterocycles. The lowest BCUT2D eigenvalue weighted by Gasteiger charge is -2.33. The first-order valence-electron chi connectivity index (χ1n) is 6.35. The zero-order valence-electron chi connectivity index (χ0n) is 11.0. The van der Waals surface area contributed by atoms with Gasteiger partial charge in [0.05, 0.1) is 0 Å². The maximum absolute atomic E-state index is 5.92. The minimum Gasteiger partial charge on any atom is -0.389 e. The van der Waals surface area contributed by atoms with Gasteiger partial charge in [-0.1, -0.05) is 25.2 Å². The molecule has 0 radical (unpaired) electrons. The van der Waals surface area contributed by atoms with Crippen molar-refractivity contribution in [3.05, 3.63) is 23.8 Å². The monoisotopic (exact) mass is 280 g/mol. The van der Waals surface area contributed by atoms with Crippen LogP contribution >= 0.6 is 24.0 Å². The lowest BCUT2D eigenvalue weighted by Crippen LogP contribution is -2.34. The van der Waals surface area contributed by atoms with Gasteiger partial charge in [-0.2, -0.15) is 0 Å². The molecule has 4 heteroatoms. The summed E-state index contributed by atoms with van der Waals surface area (Å²) in [7, 11) is 0. The fraction of sp³-hybridized carbons (Fsp3) is 0.500. The standard InChI is InChI=1S/C14H20N2S2/c1-10-6-8-16(9-7-10)11-4-3-5-12(18-2)13(11)14(15)17/h3-5,10H,6-9H2,1-2H3,(H2,15,17). The van der Waals surface area contributed by atoms with Gasteiger partial charge in [-0.05, 0) is 37.1 Å². The molecule has 0 aromatic heterocycles. The van der Waals surface area contributed by atoms with Gasteiger partial charge in [0.15, 0.2) is 0 Å². The van der Waals surface area contributed by atoms with Gasteiger partial charge < -0.3 is 10.6 Å². The second-order valence-electron chi connectivity index (χ2n) is 4.89. The molecule has 1 aliphatic rings. The topological polar surface area (TPSA) is 29.3 Å². The minimum atomic E-state index is 0.508. The Balaban J connectivity index is 2.35. The number of hydrogen-bond acceptors (Lipinski definition) is 3. The molecule has 0 atom stereocenters. The molecular weight excluding hydrogens is 260 g/mol. The molecule has 1 saturated heterocycles. The first-order chi connectivity index (χ1) is 8.63. The Kier molecular flexibility index (Phi) is 4.51. The Morgan fingerprint density at radius 2 is 2.06 bits per heavy atom. The molecule has 0 spiro atoms. The van der Waals surface area contributed by atoms with Crippen molar-refractivity contribution < 1.29 is 0 Å². The third-order valence-electron chi connectivity index (χ3n) is 3.59. The van der Waals surface area contributed by atoms with E-state index in [4.69, 9.17) is 18.0 Å². The SMILES string of the molecule is CSc1cccc(N2CCC(C)CC2)c1C(N)=S. The van der Waals surface area contributed by atoms with Crippen LogP contribution in [-0.4, -0.2) is 24.3 Å². The normalized spacial score (nSPS) is 16.9. The summed E-state index contributed by atoms with van der Waals surface area (Å²) >= 11 is 6.94. The first kappa shape index (κ1) is 13.7. The van der Waals surface area contributed by atoms with Crippen molar-refractivity contribution in [1.29, 1.82) is 0 Å². The highest BCUT2D eigenvalue weighted by Crippen LogP contribution is 2.32. The summed E-state index contributed by atoms with van der Waals surface area (Å²) in [6.07, 6.45) is 4.57. The number of anilines is 1. The number of benzene rings is 1. The quantitative estimate of drug-likeness (QED) is 0.679. The second-order valence-corrected chi connectivity index (χ2v) is 6.18. The van der Waals surface area contributed by atoms with Gasteiger partial charge in [-0.15, -0.1) is 11.8 Å². The van der Waals surface area contributed by atoms with Crippen molar-refractivity contribution >= 4 is 34.7 Å². The van der Waals surface area contributed by atoms with Gasteiger partial charge in [-0.3, -0.25) is 0 Å². The molecule has 2 rings (SSSR count). The summed E-state index contributed by atoms with van der Waals surface area (Å²) in [4.78, 5) is 4.11. The van der Waals surface area contributed by atoms with Crippen LogP contribution in [0.3, 0.4) is 0 Å². The Labute approximate surface area is 119 Å².